The van der Waals surface area contributed by atoms with Crippen molar-refractivity contribution in [3.8, 4) is 11.5 Å². The molecule has 0 heterocycles. The van der Waals surface area contributed by atoms with Gasteiger partial charge in [0, 0.05) is 6.07 Å². The molecule has 1 unspecified atom stereocenters. The molecular weight excluding hydrogens is 230 g/mol. The molecule has 0 radical (unpaired) electrons. The zero-order valence-electron chi connectivity index (χ0n) is 9.20. The number of aliphatic hydroxyl groups is 2. The highest BCUT2D eigenvalue weighted by atomic mass is 16.6. The molecule has 17 heavy (non-hydrogen) atoms. The SMILES string of the molecule is COc1cc([N+](=O)[O-])ccc1OCC(O)CO. The van der Waals surface area contributed by atoms with Gasteiger partial charge in [0.15, 0.2) is 11.5 Å². The van der Waals surface area contributed by atoms with Crippen molar-refractivity contribution in [1.82, 2.24) is 0 Å². The number of benzene rings is 1. The van der Waals surface area contributed by atoms with Crippen molar-refractivity contribution in [1.29, 1.82) is 0 Å². The Morgan fingerprint density at radius 1 is 1.47 bits per heavy atom. The number of methoxy groups -OCH3 is 1. The molecule has 0 bridgehead atoms. The van der Waals surface area contributed by atoms with Crippen LogP contribution in [0.15, 0.2) is 18.2 Å². The maximum Gasteiger partial charge on any atom is 0.273 e. The summed E-state index contributed by atoms with van der Waals surface area (Å²) in [6.07, 6.45) is -1.00. The Morgan fingerprint density at radius 2 is 2.18 bits per heavy atom. The number of rotatable bonds is 6. The van der Waals surface area contributed by atoms with E-state index < -0.39 is 17.6 Å². The normalized spacial score (nSPS) is 11.9. The van der Waals surface area contributed by atoms with Crippen LogP contribution in [0.25, 0.3) is 0 Å². The molecule has 94 valence electrons. The Hall–Kier alpha value is -1.86. The molecule has 0 saturated carbocycles. The van der Waals surface area contributed by atoms with Crippen LogP contribution < -0.4 is 9.47 Å². The van der Waals surface area contributed by atoms with Gasteiger partial charge in [-0.2, -0.15) is 0 Å². The van der Waals surface area contributed by atoms with Gasteiger partial charge in [0.1, 0.15) is 12.7 Å². The van der Waals surface area contributed by atoms with Crippen LogP contribution >= 0.6 is 0 Å². The van der Waals surface area contributed by atoms with Crippen molar-refractivity contribution in [2.75, 3.05) is 20.3 Å². The predicted molar refractivity (Wildman–Crippen MR) is 58.2 cm³/mol. The molecular formula is C10H13NO6. The van der Waals surface area contributed by atoms with E-state index in [2.05, 4.69) is 0 Å². The maximum absolute atomic E-state index is 10.5. The molecule has 1 atom stereocenters. The first-order chi connectivity index (χ1) is 8.08. The van der Waals surface area contributed by atoms with E-state index in [9.17, 15) is 10.1 Å². The van der Waals surface area contributed by atoms with Crippen LogP contribution in [0.3, 0.4) is 0 Å². The average Bonchev–Trinajstić information content (AvgIpc) is 2.35. The molecule has 0 spiro atoms. The Morgan fingerprint density at radius 3 is 2.71 bits per heavy atom. The van der Waals surface area contributed by atoms with E-state index in [4.69, 9.17) is 19.7 Å². The lowest BCUT2D eigenvalue weighted by Gasteiger charge is -2.12. The summed E-state index contributed by atoms with van der Waals surface area (Å²) in [6, 6.07) is 3.87. The smallest absolute Gasteiger partial charge is 0.273 e. The van der Waals surface area contributed by atoms with Crippen LogP contribution in [0.1, 0.15) is 0 Å². The van der Waals surface area contributed by atoms with Crippen molar-refractivity contribution in [2.45, 2.75) is 6.10 Å². The first-order valence-corrected chi connectivity index (χ1v) is 4.82. The number of non-ortho nitro benzene ring substituents is 1. The van der Waals surface area contributed by atoms with Crippen LogP contribution in [0.2, 0.25) is 0 Å². The second kappa shape index (κ2) is 6.02. The lowest BCUT2D eigenvalue weighted by molar-refractivity contribution is -0.385. The lowest BCUT2D eigenvalue weighted by Crippen LogP contribution is -2.21. The Labute approximate surface area is 97.4 Å². The molecule has 0 amide bonds. The molecule has 2 N–H and O–H groups in total. The second-order valence-corrected chi connectivity index (χ2v) is 3.24. The van der Waals surface area contributed by atoms with Gasteiger partial charge < -0.3 is 19.7 Å². The standard InChI is InChI=1S/C10H13NO6/c1-16-10-4-7(11(14)15)2-3-9(10)17-6-8(13)5-12/h2-4,8,12-13H,5-6H2,1H3. The van der Waals surface area contributed by atoms with Gasteiger partial charge in [-0.05, 0) is 6.07 Å². The topological polar surface area (TPSA) is 102 Å². The van der Waals surface area contributed by atoms with E-state index >= 15 is 0 Å². The minimum absolute atomic E-state index is 0.114. The minimum atomic E-state index is -1.00. The quantitative estimate of drug-likeness (QED) is 0.551. The van der Waals surface area contributed by atoms with E-state index in [-0.39, 0.29) is 23.8 Å². The summed E-state index contributed by atoms with van der Waals surface area (Å²) in [7, 11) is 1.36. The number of nitro groups is 1. The van der Waals surface area contributed by atoms with Crippen molar-refractivity contribution in [3.05, 3.63) is 28.3 Å². The number of nitrogens with zero attached hydrogens (tertiary/aromatic N) is 1. The van der Waals surface area contributed by atoms with Crippen LogP contribution in [-0.4, -0.2) is 41.6 Å². The lowest BCUT2D eigenvalue weighted by atomic mass is 10.3. The van der Waals surface area contributed by atoms with Crippen LogP contribution in [0.5, 0.6) is 11.5 Å². The van der Waals surface area contributed by atoms with Crippen LogP contribution in [0, 0.1) is 10.1 Å². The van der Waals surface area contributed by atoms with E-state index in [0.717, 1.165) is 0 Å². The molecule has 1 rings (SSSR count). The molecule has 1 aromatic carbocycles. The van der Waals surface area contributed by atoms with Gasteiger partial charge in [0.25, 0.3) is 5.69 Å². The van der Waals surface area contributed by atoms with Gasteiger partial charge in [-0.25, -0.2) is 0 Å². The summed E-state index contributed by atoms with van der Waals surface area (Å²) < 4.78 is 10.1. The fourth-order valence-corrected chi connectivity index (χ4v) is 1.13. The largest absolute Gasteiger partial charge is 0.493 e. The minimum Gasteiger partial charge on any atom is -0.493 e. The summed E-state index contributed by atoms with van der Waals surface area (Å²) in [5.41, 5.74) is -0.114. The van der Waals surface area contributed by atoms with Gasteiger partial charge in [-0.1, -0.05) is 0 Å². The summed E-state index contributed by atoms with van der Waals surface area (Å²) >= 11 is 0. The van der Waals surface area contributed by atoms with E-state index in [1.54, 1.807) is 0 Å². The monoisotopic (exact) mass is 243 g/mol. The number of ether oxygens (including phenoxy) is 2. The summed E-state index contributed by atoms with van der Waals surface area (Å²) in [4.78, 5) is 9.98. The van der Waals surface area contributed by atoms with Crippen LogP contribution in [-0.2, 0) is 0 Å². The Balaban J connectivity index is 2.82. The molecule has 0 aliphatic carbocycles. The molecule has 0 saturated heterocycles. The van der Waals surface area contributed by atoms with Gasteiger partial charge in [-0.15, -0.1) is 0 Å². The van der Waals surface area contributed by atoms with Gasteiger partial charge in [0.05, 0.1) is 24.7 Å². The number of hydrogen-bond donors (Lipinski definition) is 2. The number of hydrogen-bond acceptors (Lipinski definition) is 6. The zero-order valence-corrected chi connectivity index (χ0v) is 9.20. The first-order valence-electron chi connectivity index (χ1n) is 4.82. The highest BCUT2D eigenvalue weighted by Gasteiger charge is 2.13. The summed E-state index contributed by atoms with van der Waals surface area (Å²) in [6.45, 7) is -0.542. The number of nitro benzene ring substituents is 1. The first kappa shape index (κ1) is 13.2. The fraction of sp³-hybridized carbons (Fsp3) is 0.400. The zero-order chi connectivity index (χ0) is 12.8. The van der Waals surface area contributed by atoms with E-state index in [1.807, 2.05) is 0 Å². The molecule has 7 nitrogen and oxygen atoms in total. The molecule has 0 aliphatic rings. The summed E-state index contributed by atoms with van der Waals surface area (Å²) in [5, 5.41) is 28.2. The van der Waals surface area contributed by atoms with E-state index in [0.29, 0.717) is 0 Å². The van der Waals surface area contributed by atoms with Crippen molar-refractivity contribution in [3.63, 3.8) is 0 Å². The van der Waals surface area contributed by atoms with Gasteiger partial charge in [-0.3, -0.25) is 10.1 Å². The highest BCUT2D eigenvalue weighted by molar-refractivity contribution is 5.48. The van der Waals surface area contributed by atoms with Crippen LogP contribution in [0.4, 0.5) is 5.69 Å². The van der Waals surface area contributed by atoms with Crippen molar-refractivity contribution < 1.29 is 24.6 Å². The molecule has 0 fully saturated rings. The third kappa shape index (κ3) is 3.58. The van der Waals surface area contributed by atoms with Gasteiger partial charge in [0.2, 0.25) is 0 Å². The fourth-order valence-electron chi connectivity index (χ4n) is 1.13. The Kier molecular flexibility index (Phi) is 4.68. The molecule has 0 aromatic heterocycles. The summed E-state index contributed by atoms with van der Waals surface area (Å²) in [5.74, 6) is 0.468. The third-order valence-electron chi connectivity index (χ3n) is 2.00. The molecule has 7 heteroatoms. The maximum atomic E-state index is 10.5. The molecule has 0 aliphatic heterocycles. The van der Waals surface area contributed by atoms with E-state index in [1.165, 1.54) is 25.3 Å². The predicted octanol–water partition coefficient (Wildman–Crippen LogP) is 0.335. The van der Waals surface area contributed by atoms with Gasteiger partial charge >= 0.3 is 0 Å². The molecule has 1 aromatic rings. The Bertz CT molecular complexity index is 394. The average molecular weight is 243 g/mol. The second-order valence-electron chi connectivity index (χ2n) is 3.24. The number of aliphatic hydroxyl groups excluding tert-OH is 2. The van der Waals surface area contributed by atoms with Crippen molar-refractivity contribution in [2.24, 2.45) is 0 Å². The highest BCUT2D eigenvalue weighted by Crippen LogP contribution is 2.31. The van der Waals surface area contributed by atoms with Crippen molar-refractivity contribution >= 4 is 5.69 Å². The third-order valence-corrected chi connectivity index (χ3v) is 2.00.